The van der Waals surface area contributed by atoms with Gasteiger partial charge in [0.05, 0.1) is 0 Å². The second kappa shape index (κ2) is 7.01. The average molecular weight is 321 g/mol. The standard InChI is InChI=1S/C18H25ClN2O/c19-17-9-2-1-5-13(17)12-16-8-4-10-21(16)18(22)14-6-3-7-15(20)11-14/h1-2,5,9,14-16H,3-4,6-8,10-12,20H2. The molecule has 3 unspecified atom stereocenters. The van der Waals surface area contributed by atoms with Crippen LogP contribution in [0, 0.1) is 5.92 Å². The molecule has 4 heteroatoms. The highest BCUT2D eigenvalue weighted by Gasteiger charge is 2.35. The van der Waals surface area contributed by atoms with Gasteiger partial charge in [0, 0.05) is 29.6 Å². The Balaban J connectivity index is 1.67. The lowest BCUT2D eigenvalue weighted by Crippen LogP contribution is -2.43. The predicted octanol–water partition coefficient (Wildman–Crippen LogP) is 3.39. The van der Waals surface area contributed by atoms with Gasteiger partial charge in [-0.1, -0.05) is 36.2 Å². The molecule has 1 saturated carbocycles. The first kappa shape index (κ1) is 15.8. The minimum atomic E-state index is 0.135. The maximum Gasteiger partial charge on any atom is 0.225 e. The van der Waals surface area contributed by atoms with Crippen LogP contribution >= 0.6 is 11.6 Å². The van der Waals surface area contributed by atoms with E-state index in [2.05, 4.69) is 11.0 Å². The zero-order chi connectivity index (χ0) is 15.5. The second-order valence-electron chi connectivity index (χ2n) is 6.75. The van der Waals surface area contributed by atoms with Gasteiger partial charge in [0.25, 0.3) is 0 Å². The molecule has 2 fully saturated rings. The molecule has 0 bridgehead atoms. The van der Waals surface area contributed by atoms with Gasteiger partial charge in [-0.2, -0.15) is 0 Å². The van der Waals surface area contributed by atoms with Gasteiger partial charge in [0.2, 0.25) is 5.91 Å². The van der Waals surface area contributed by atoms with Crippen LogP contribution in [0.25, 0.3) is 0 Å². The number of carbonyl (C=O) groups is 1. The SMILES string of the molecule is NC1CCCC(C(=O)N2CCCC2Cc2ccccc2Cl)C1. The highest BCUT2D eigenvalue weighted by molar-refractivity contribution is 6.31. The molecule has 3 rings (SSSR count). The maximum absolute atomic E-state index is 12.9. The summed E-state index contributed by atoms with van der Waals surface area (Å²) in [4.78, 5) is 15.0. The first-order valence-electron chi connectivity index (χ1n) is 8.44. The summed E-state index contributed by atoms with van der Waals surface area (Å²) in [5.41, 5.74) is 7.20. The van der Waals surface area contributed by atoms with E-state index < -0.39 is 0 Å². The quantitative estimate of drug-likeness (QED) is 0.928. The summed E-state index contributed by atoms with van der Waals surface area (Å²) in [5.74, 6) is 0.459. The van der Waals surface area contributed by atoms with Crippen molar-refractivity contribution in [3.8, 4) is 0 Å². The number of nitrogens with two attached hydrogens (primary N) is 1. The summed E-state index contributed by atoms with van der Waals surface area (Å²) in [6.45, 7) is 0.889. The van der Waals surface area contributed by atoms with Crippen molar-refractivity contribution in [3.63, 3.8) is 0 Å². The summed E-state index contributed by atoms with van der Waals surface area (Å²) < 4.78 is 0. The minimum Gasteiger partial charge on any atom is -0.339 e. The van der Waals surface area contributed by atoms with Crippen molar-refractivity contribution in [2.75, 3.05) is 6.54 Å². The molecular weight excluding hydrogens is 296 g/mol. The van der Waals surface area contributed by atoms with E-state index in [9.17, 15) is 4.79 Å². The van der Waals surface area contributed by atoms with Gasteiger partial charge in [-0.15, -0.1) is 0 Å². The highest BCUT2D eigenvalue weighted by Crippen LogP contribution is 2.30. The number of carbonyl (C=O) groups excluding carboxylic acids is 1. The van der Waals surface area contributed by atoms with Gasteiger partial charge < -0.3 is 10.6 Å². The molecule has 1 amide bonds. The normalized spacial score (nSPS) is 28.8. The van der Waals surface area contributed by atoms with Gasteiger partial charge in [0.1, 0.15) is 0 Å². The molecule has 22 heavy (non-hydrogen) atoms. The Kier molecular flexibility index (Phi) is 5.04. The summed E-state index contributed by atoms with van der Waals surface area (Å²) in [6, 6.07) is 8.46. The van der Waals surface area contributed by atoms with Crippen LogP contribution in [0.5, 0.6) is 0 Å². The molecule has 3 atom stereocenters. The van der Waals surface area contributed by atoms with Crippen molar-refractivity contribution < 1.29 is 4.79 Å². The van der Waals surface area contributed by atoms with Crippen molar-refractivity contribution in [1.82, 2.24) is 4.90 Å². The summed E-state index contributed by atoms with van der Waals surface area (Å²) in [5, 5.41) is 0.807. The van der Waals surface area contributed by atoms with Crippen LogP contribution < -0.4 is 5.73 Å². The second-order valence-corrected chi connectivity index (χ2v) is 7.15. The van der Waals surface area contributed by atoms with Crippen LogP contribution in [0.15, 0.2) is 24.3 Å². The molecular formula is C18H25ClN2O. The molecule has 0 radical (unpaired) electrons. The zero-order valence-electron chi connectivity index (χ0n) is 13.0. The van der Waals surface area contributed by atoms with Crippen LogP contribution in [-0.2, 0) is 11.2 Å². The third-order valence-electron chi connectivity index (χ3n) is 5.14. The Morgan fingerprint density at radius 1 is 1.23 bits per heavy atom. The van der Waals surface area contributed by atoms with Crippen LogP contribution in [0.3, 0.4) is 0 Å². The monoisotopic (exact) mass is 320 g/mol. The molecule has 120 valence electrons. The first-order chi connectivity index (χ1) is 10.6. The molecule has 1 aromatic rings. The summed E-state index contributed by atoms with van der Waals surface area (Å²) in [7, 11) is 0. The lowest BCUT2D eigenvalue weighted by atomic mass is 9.85. The number of hydrogen-bond acceptors (Lipinski definition) is 2. The van der Waals surface area contributed by atoms with Crippen molar-refractivity contribution >= 4 is 17.5 Å². The molecule has 2 aliphatic rings. The van der Waals surface area contributed by atoms with Crippen LogP contribution in [-0.4, -0.2) is 29.4 Å². The Morgan fingerprint density at radius 2 is 2.05 bits per heavy atom. The zero-order valence-corrected chi connectivity index (χ0v) is 13.8. The van der Waals surface area contributed by atoms with E-state index >= 15 is 0 Å². The third-order valence-corrected chi connectivity index (χ3v) is 5.51. The Labute approximate surface area is 137 Å². The van der Waals surface area contributed by atoms with E-state index in [0.29, 0.717) is 11.9 Å². The van der Waals surface area contributed by atoms with Crippen molar-refractivity contribution in [2.24, 2.45) is 11.7 Å². The van der Waals surface area contributed by atoms with Crippen molar-refractivity contribution in [2.45, 2.75) is 57.0 Å². The molecule has 0 aromatic heterocycles. The summed E-state index contributed by atoms with van der Waals surface area (Å²) in [6.07, 6.45) is 7.04. The van der Waals surface area contributed by atoms with Crippen LogP contribution in [0.2, 0.25) is 5.02 Å². The van der Waals surface area contributed by atoms with Crippen molar-refractivity contribution in [3.05, 3.63) is 34.9 Å². The van der Waals surface area contributed by atoms with E-state index in [4.69, 9.17) is 17.3 Å². The van der Waals surface area contributed by atoms with E-state index in [1.165, 1.54) is 0 Å². The van der Waals surface area contributed by atoms with E-state index in [1.54, 1.807) is 0 Å². The fourth-order valence-corrected chi connectivity index (χ4v) is 4.16. The molecule has 3 nitrogen and oxygen atoms in total. The number of halogens is 1. The number of hydrogen-bond donors (Lipinski definition) is 1. The van der Waals surface area contributed by atoms with Gasteiger partial charge in [-0.3, -0.25) is 4.79 Å². The third kappa shape index (κ3) is 3.47. The highest BCUT2D eigenvalue weighted by atomic mass is 35.5. The Bertz CT molecular complexity index is 534. The van der Waals surface area contributed by atoms with Crippen LogP contribution in [0.1, 0.15) is 44.1 Å². The van der Waals surface area contributed by atoms with Gasteiger partial charge in [-0.05, 0) is 50.2 Å². The Morgan fingerprint density at radius 3 is 2.82 bits per heavy atom. The average Bonchev–Trinajstić information content (AvgIpc) is 2.97. The maximum atomic E-state index is 12.9. The number of amides is 1. The molecule has 2 N–H and O–H groups in total. The molecule has 1 aliphatic carbocycles. The predicted molar refractivity (Wildman–Crippen MR) is 89.8 cm³/mol. The number of nitrogens with zero attached hydrogens (tertiary/aromatic N) is 1. The first-order valence-corrected chi connectivity index (χ1v) is 8.82. The Hall–Kier alpha value is -1.06. The van der Waals surface area contributed by atoms with E-state index in [1.807, 2.05) is 18.2 Å². The van der Waals surface area contributed by atoms with E-state index in [-0.39, 0.29) is 12.0 Å². The molecule has 1 aromatic carbocycles. The molecule has 1 saturated heterocycles. The smallest absolute Gasteiger partial charge is 0.225 e. The molecule has 1 aliphatic heterocycles. The molecule has 0 spiro atoms. The van der Waals surface area contributed by atoms with Gasteiger partial charge in [0.15, 0.2) is 0 Å². The lowest BCUT2D eigenvalue weighted by Gasteiger charge is -2.32. The topological polar surface area (TPSA) is 46.3 Å². The number of likely N-dealkylation sites (tertiary alicyclic amines) is 1. The van der Waals surface area contributed by atoms with E-state index in [0.717, 1.165) is 62.1 Å². The number of rotatable bonds is 3. The largest absolute Gasteiger partial charge is 0.339 e. The van der Waals surface area contributed by atoms with Gasteiger partial charge in [-0.25, -0.2) is 0 Å². The van der Waals surface area contributed by atoms with Crippen molar-refractivity contribution in [1.29, 1.82) is 0 Å². The lowest BCUT2D eigenvalue weighted by molar-refractivity contribution is -0.137. The van der Waals surface area contributed by atoms with Crippen LogP contribution in [0.4, 0.5) is 0 Å². The minimum absolute atomic E-state index is 0.135. The summed E-state index contributed by atoms with van der Waals surface area (Å²) >= 11 is 6.28. The fourth-order valence-electron chi connectivity index (χ4n) is 3.94. The fraction of sp³-hybridized carbons (Fsp3) is 0.611. The van der Waals surface area contributed by atoms with Gasteiger partial charge >= 0.3 is 0 Å². The number of benzene rings is 1. The molecule has 1 heterocycles.